The van der Waals surface area contributed by atoms with Gasteiger partial charge in [-0.2, -0.15) is 0 Å². The Balaban J connectivity index is 2.16. The summed E-state index contributed by atoms with van der Waals surface area (Å²) in [6, 6.07) is 4.38. The van der Waals surface area contributed by atoms with E-state index in [1.165, 1.54) is 25.3 Å². The Morgan fingerprint density at radius 3 is 2.80 bits per heavy atom. The van der Waals surface area contributed by atoms with Crippen LogP contribution in [-0.4, -0.2) is 35.5 Å². The summed E-state index contributed by atoms with van der Waals surface area (Å²) >= 11 is 4.85. The lowest BCUT2D eigenvalue weighted by molar-refractivity contribution is 0.0747. The Morgan fingerprint density at radius 1 is 1.55 bits per heavy atom. The average molecular weight is 296 g/mol. The van der Waals surface area contributed by atoms with E-state index >= 15 is 0 Å². The lowest BCUT2D eigenvalue weighted by Crippen LogP contribution is -2.35. The highest BCUT2D eigenvalue weighted by Gasteiger charge is 2.33. The van der Waals surface area contributed by atoms with Gasteiger partial charge in [-0.15, -0.1) is 0 Å². The van der Waals surface area contributed by atoms with E-state index in [-0.39, 0.29) is 17.7 Å². The van der Waals surface area contributed by atoms with Crippen LogP contribution < -0.4 is 10.5 Å². The van der Waals surface area contributed by atoms with E-state index in [0.717, 1.165) is 12.8 Å². The van der Waals surface area contributed by atoms with Crippen molar-refractivity contribution in [3.63, 3.8) is 0 Å². The topological polar surface area (TPSA) is 55.6 Å². The SMILES string of the molecule is COc1cc(C(=O)N(CCC(N)=S)C2CC2)ccc1F. The molecule has 1 fully saturated rings. The van der Waals surface area contributed by atoms with Crippen molar-refractivity contribution in [1.82, 2.24) is 4.90 Å². The lowest BCUT2D eigenvalue weighted by atomic mass is 10.1. The molecule has 0 spiro atoms. The fourth-order valence-electron chi connectivity index (χ4n) is 2.03. The highest BCUT2D eigenvalue weighted by atomic mass is 32.1. The van der Waals surface area contributed by atoms with Crippen molar-refractivity contribution in [3.8, 4) is 5.75 Å². The molecule has 1 aromatic rings. The lowest BCUT2D eigenvalue weighted by Gasteiger charge is -2.22. The van der Waals surface area contributed by atoms with Gasteiger partial charge < -0.3 is 15.4 Å². The first-order valence-electron chi connectivity index (χ1n) is 6.45. The van der Waals surface area contributed by atoms with Crippen molar-refractivity contribution >= 4 is 23.1 Å². The first kappa shape index (κ1) is 14.7. The summed E-state index contributed by atoms with van der Waals surface area (Å²) in [5.41, 5.74) is 5.90. The van der Waals surface area contributed by atoms with Crippen LogP contribution in [0.25, 0.3) is 0 Å². The van der Waals surface area contributed by atoms with Gasteiger partial charge in [0, 0.05) is 24.6 Å². The van der Waals surface area contributed by atoms with Gasteiger partial charge in [-0.25, -0.2) is 4.39 Å². The van der Waals surface area contributed by atoms with Gasteiger partial charge in [0.1, 0.15) is 0 Å². The second-order valence-corrected chi connectivity index (χ2v) is 5.32. The number of benzene rings is 1. The quantitative estimate of drug-likeness (QED) is 0.817. The molecule has 0 aliphatic heterocycles. The molecule has 6 heteroatoms. The van der Waals surface area contributed by atoms with E-state index in [9.17, 15) is 9.18 Å². The maximum atomic E-state index is 13.4. The van der Waals surface area contributed by atoms with Crippen molar-refractivity contribution in [1.29, 1.82) is 0 Å². The molecule has 0 atom stereocenters. The summed E-state index contributed by atoms with van der Waals surface area (Å²) in [7, 11) is 1.37. The normalized spacial score (nSPS) is 13.9. The van der Waals surface area contributed by atoms with E-state index in [0.29, 0.717) is 23.5 Å². The van der Waals surface area contributed by atoms with Crippen LogP contribution in [0.1, 0.15) is 29.6 Å². The molecule has 108 valence electrons. The van der Waals surface area contributed by atoms with Gasteiger partial charge in [0.15, 0.2) is 11.6 Å². The van der Waals surface area contributed by atoms with Crippen molar-refractivity contribution < 1.29 is 13.9 Å². The zero-order chi connectivity index (χ0) is 14.7. The number of carbonyl (C=O) groups excluding carboxylic acids is 1. The number of amides is 1. The fraction of sp³-hybridized carbons (Fsp3) is 0.429. The van der Waals surface area contributed by atoms with Gasteiger partial charge in [-0.1, -0.05) is 12.2 Å². The van der Waals surface area contributed by atoms with E-state index in [1.807, 2.05) is 0 Å². The van der Waals surface area contributed by atoms with Gasteiger partial charge >= 0.3 is 0 Å². The van der Waals surface area contributed by atoms with Crippen molar-refractivity contribution in [2.45, 2.75) is 25.3 Å². The number of hydrogen-bond donors (Lipinski definition) is 1. The zero-order valence-corrected chi connectivity index (χ0v) is 12.1. The molecular weight excluding hydrogens is 279 g/mol. The first-order valence-corrected chi connectivity index (χ1v) is 6.86. The largest absolute Gasteiger partial charge is 0.494 e. The predicted octanol–water partition coefficient (Wildman–Crippen LogP) is 2.12. The Kier molecular flexibility index (Phi) is 4.54. The first-order chi connectivity index (χ1) is 9.52. The van der Waals surface area contributed by atoms with Crippen LogP contribution in [0.15, 0.2) is 18.2 Å². The molecule has 2 N–H and O–H groups in total. The summed E-state index contributed by atoms with van der Waals surface area (Å²) in [6.07, 6.45) is 2.47. The summed E-state index contributed by atoms with van der Waals surface area (Å²) in [6.45, 7) is 0.499. The van der Waals surface area contributed by atoms with Gasteiger partial charge in [-0.05, 0) is 31.0 Å². The van der Waals surface area contributed by atoms with Crippen molar-refractivity contribution in [2.24, 2.45) is 5.73 Å². The molecule has 1 aliphatic rings. The van der Waals surface area contributed by atoms with Gasteiger partial charge in [0.25, 0.3) is 5.91 Å². The average Bonchev–Trinajstić information content (AvgIpc) is 3.23. The Labute approximate surface area is 122 Å². The highest BCUT2D eigenvalue weighted by molar-refractivity contribution is 7.80. The van der Waals surface area contributed by atoms with E-state index in [4.69, 9.17) is 22.7 Å². The van der Waals surface area contributed by atoms with Crippen LogP contribution in [0.4, 0.5) is 4.39 Å². The van der Waals surface area contributed by atoms with Gasteiger partial charge in [0.2, 0.25) is 0 Å². The number of hydrogen-bond acceptors (Lipinski definition) is 3. The van der Waals surface area contributed by atoms with E-state index in [1.54, 1.807) is 4.90 Å². The Morgan fingerprint density at radius 2 is 2.25 bits per heavy atom. The molecule has 0 radical (unpaired) electrons. The number of carbonyl (C=O) groups is 1. The monoisotopic (exact) mass is 296 g/mol. The molecular formula is C14H17FN2O2S. The molecule has 0 heterocycles. The van der Waals surface area contributed by atoms with Gasteiger partial charge in [-0.3, -0.25) is 4.79 Å². The molecule has 4 nitrogen and oxygen atoms in total. The van der Waals surface area contributed by atoms with E-state index < -0.39 is 5.82 Å². The number of rotatable bonds is 6. The number of nitrogens with two attached hydrogens (primary N) is 1. The van der Waals surface area contributed by atoms with Crippen LogP contribution in [-0.2, 0) is 0 Å². The smallest absolute Gasteiger partial charge is 0.254 e. The minimum Gasteiger partial charge on any atom is -0.494 e. The molecule has 0 unspecified atom stereocenters. The predicted molar refractivity (Wildman–Crippen MR) is 78.4 cm³/mol. The van der Waals surface area contributed by atoms with Crippen molar-refractivity contribution in [2.75, 3.05) is 13.7 Å². The van der Waals surface area contributed by atoms with E-state index in [2.05, 4.69) is 0 Å². The molecule has 1 aliphatic carbocycles. The Bertz CT molecular complexity index is 532. The maximum Gasteiger partial charge on any atom is 0.254 e. The molecule has 1 amide bonds. The second kappa shape index (κ2) is 6.17. The third-order valence-electron chi connectivity index (χ3n) is 3.25. The number of methoxy groups -OCH3 is 1. The second-order valence-electron chi connectivity index (χ2n) is 4.80. The minimum absolute atomic E-state index is 0.0703. The van der Waals surface area contributed by atoms with Crippen LogP contribution in [0.2, 0.25) is 0 Å². The number of ether oxygens (including phenoxy) is 1. The summed E-state index contributed by atoms with van der Waals surface area (Å²) in [5, 5.41) is 0. The molecule has 0 bridgehead atoms. The number of nitrogens with zero attached hydrogens (tertiary/aromatic N) is 1. The standard InChI is InChI=1S/C14H17FN2O2S/c1-19-12-8-9(2-5-11(12)15)14(18)17(10-3-4-10)7-6-13(16)20/h2,5,8,10H,3-4,6-7H2,1H3,(H2,16,20). The van der Waals surface area contributed by atoms with Gasteiger partial charge in [0.05, 0.1) is 12.1 Å². The molecule has 1 saturated carbocycles. The van der Waals surface area contributed by atoms with Crippen LogP contribution in [0.3, 0.4) is 0 Å². The Hall–Kier alpha value is -1.69. The minimum atomic E-state index is -0.481. The molecule has 2 rings (SSSR count). The summed E-state index contributed by atoms with van der Waals surface area (Å²) in [4.78, 5) is 14.6. The summed E-state index contributed by atoms with van der Waals surface area (Å²) in [5.74, 6) is -0.548. The molecule has 0 saturated heterocycles. The highest BCUT2D eigenvalue weighted by Crippen LogP contribution is 2.29. The van der Waals surface area contributed by atoms with Crippen LogP contribution >= 0.6 is 12.2 Å². The maximum absolute atomic E-state index is 13.4. The third kappa shape index (κ3) is 3.45. The molecule has 20 heavy (non-hydrogen) atoms. The fourth-order valence-corrected chi connectivity index (χ4v) is 2.12. The number of halogens is 1. The zero-order valence-electron chi connectivity index (χ0n) is 11.3. The van der Waals surface area contributed by atoms with Crippen molar-refractivity contribution in [3.05, 3.63) is 29.6 Å². The molecule has 1 aromatic carbocycles. The molecule has 0 aromatic heterocycles. The third-order valence-corrected chi connectivity index (χ3v) is 3.45. The van der Waals surface area contributed by atoms with Crippen LogP contribution in [0.5, 0.6) is 5.75 Å². The number of thiocarbonyl (C=S) groups is 1. The van der Waals surface area contributed by atoms with Crippen LogP contribution in [0, 0.1) is 5.82 Å². The summed E-state index contributed by atoms with van der Waals surface area (Å²) < 4.78 is 18.3.